The van der Waals surface area contributed by atoms with Gasteiger partial charge in [-0.25, -0.2) is 0 Å². The van der Waals surface area contributed by atoms with E-state index in [0.717, 1.165) is 21.7 Å². The van der Waals surface area contributed by atoms with E-state index in [4.69, 9.17) is 29.3 Å². The van der Waals surface area contributed by atoms with Gasteiger partial charge in [-0.1, -0.05) is 170 Å². The van der Waals surface area contributed by atoms with E-state index >= 15 is 0 Å². The van der Waals surface area contributed by atoms with Crippen molar-refractivity contribution in [3.05, 3.63) is 181 Å². The van der Waals surface area contributed by atoms with E-state index in [0.29, 0.717) is 0 Å². The van der Waals surface area contributed by atoms with E-state index in [-0.39, 0.29) is 29.0 Å². The second-order valence-electron chi connectivity index (χ2n) is 15.2. The minimum atomic E-state index is -1.95. The second-order valence-corrected chi connectivity index (χ2v) is 22.0. The number of benzene rings is 6. The Morgan fingerprint density at radius 1 is 0.406 bits per heavy atom. The van der Waals surface area contributed by atoms with Crippen molar-refractivity contribution in [1.29, 1.82) is 0 Å². The maximum absolute atomic E-state index is 12.1. The van der Waals surface area contributed by atoms with E-state index in [1.807, 2.05) is 121 Å². The summed E-state index contributed by atoms with van der Waals surface area (Å²) in [6.07, 6.45) is -14.8. The summed E-state index contributed by atoms with van der Waals surface area (Å²) in [6, 6.07) is 56.7. The number of carbonyl (C=O) groups excluding carboxylic acids is 2. The van der Waals surface area contributed by atoms with Crippen LogP contribution in [0, 0.1) is 0 Å². The molecule has 69 heavy (non-hydrogen) atoms. The zero-order chi connectivity index (χ0) is 50.3. The fraction of sp³-hybridized carbons (Fsp3) is 0.240. The van der Waals surface area contributed by atoms with Crippen LogP contribution in [0.25, 0.3) is 0 Å². The van der Waals surface area contributed by atoms with Gasteiger partial charge in [-0.05, 0) is 58.8 Å². The van der Waals surface area contributed by atoms with Gasteiger partial charge in [-0.15, -0.1) is 0 Å². The summed E-state index contributed by atoms with van der Waals surface area (Å²) in [5, 5.41) is 107. The minimum absolute atomic E-state index is 0.106. The van der Waals surface area contributed by atoms with Crippen LogP contribution in [-0.2, 0) is 38.6 Å². The van der Waals surface area contributed by atoms with Crippen LogP contribution in [0.1, 0.15) is 11.1 Å². The third-order valence-corrected chi connectivity index (χ3v) is 15.3. The van der Waals surface area contributed by atoms with Crippen LogP contribution < -0.4 is 42.5 Å². The van der Waals surface area contributed by atoms with Crippen LogP contribution in [0.4, 0.5) is 0 Å². The molecule has 6 aromatic carbocycles. The molecular weight excluding hydrogens is 1060 g/mol. The second kappa shape index (κ2) is 30.6. The molecule has 0 spiro atoms. The first-order chi connectivity index (χ1) is 33.3. The molecule has 0 radical (unpaired) electrons. The summed E-state index contributed by atoms with van der Waals surface area (Å²) in [6.45, 7) is -1.41. The molecule has 14 nitrogen and oxygen atoms in total. The van der Waals surface area contributed by atoms with E-state index < -0.39 is 89.7 Å². The van der Waals surface area contributed by atoms with Crippen LogP contribution in [0.15, 0.2) is 170 Å². The Labute approximate surface area is 419 Å². The van der Waals surface area contributed by atoms with Crippen molar-refractivity contribution in [1.82, 2.24) is 10.6 Å². The fourth-order valence-electron chi connectivity index (χ4n) is 6.67. The van der Waals surface area contributed by atoms with E-state index in [1.54, 1.807) is 0 Å². The quantitative estimate of drug-likeness (QED) is 0.0366. The van der Waals surface area contributed by atoms with Gasteiger partial charge in [0.05, 0.1) is 13.2 Å². The van der Waals surface area contributed by atoms with Crippen LogP contribution in [-0.4, -0.2) is 125 Å². The normalized spacial score (nSPS) is 14.6. The number of hydrogen-bond donors (Lipinski definition) is 12. The molecule has 0 aliphatic heterocycles. The van der Waals surface area contributed by atoms with Crippen LogP contribution in [0.5, 0.6) is 0 Å². The molecule has 0 aliphatic rings. The molecule has 372 valence electrons. The summed E-state index contributed by atoms with van der Waals surface area (Å²) < 4.78 is 0. The first-order valence-electron chi connectivity index (χ1n) is 21.3. The molecule has 6 aromatic rings. The number of nitrogens with one attached hydrogen (secondary N) is 2. The molecule has 0 unspecified atom stereocenters. The monoisotopic (exact) mass is 1110 g/mol. The zero-order valence-corrected chi connectivity index (χ0v) is 41.7. The molecule has 0 heterocycles. The molecular formula is C50H56Cl2N2O12P2Pd. The predicted octanol–water partition coefficient (Wildman–Crippen LogP) is 0.370. The Hall–Kier alpha value is -4.04. The summed E-state index contributed by atoms with van der Waals surface area (Å²) >= 11 is -0.106. The molecule has 12 N–H and O–H groups in total. The number of rotatable bonds is 20. The molecule has 0 aliphatic carbocycles. The van der Waals surface area contributed by atoms with E-state index in [1.165, 1.54) is 21.2 Å². The van der Waals surface area contributed by atoms with E-state index in [2.05, 4.69) is 59.2 Å². The third kappa shape index (κ3) is 17.6. The Morgan fingerprint density at radius 3 is 0.870 bits per heavy atom. The number of hydrogen-bond acceptors (Lipinski definition) is 12. The van der Waals surface area contributed by atoms with Gasteiger partial charge in [0.15, 0.2) is 12.2 Å². The average Bonchev–Trinajstić information content (AvgIpc) is 3.40. The first kappa shape index (κ1) is 57.5. The van der Waals surface area contributed by atoms with Crippen molar-refractivity contribution in [2.75, 3.05) is 13.2 Å². The van der Waals surface area contributed by atoms with Crippen molar-refractivity contribution < 1.29 is 76.6 Å². The molecule has 0 saturated carbocycles. The third-order valence-electron chi connectivity index (χ3n) is 10.4. The topological polar surface area (TPSA) is 260 Å². The van der Waals surface area contributed by atoms with Gasteiger partial charge in [0, 0.05) is 13.1 Å². The molecule has 2 amide bonds. The predicted molar refractivity (Wildman–Crippen MR) is 268 cm³/mol. The number of aliphatic hydroxyl groups excluding tert-OH is 10. The summed E-state index contributed by atoms with van der Waals surface area (Å²) in [7, 11) is 8.13. The molecule has 19 heteroatoms. The van der Waals surface area contributed by atoms with Gasteiger partial charge in [0.25, 0.3) is 11.8 Å². The van der Waals surface area contributed by atoms with Gasteiger partial charge < -0.3 is 61.7 Å². The number of amides is 2. The molecule has 0 bridgehead atoms. The average molecular weight is 1120 g/mol. The number of aliphatic hydroxyl groups is 10. The summed E-state index contributed by atoms with van der Waals surface area (Å²) in [5.41, 5.74) is 1.58. The number of carbonyl (C=O) groups is 2. The van der Waals surface area contributed by atoms with Crippen molar-refractivity contribution in [2.24, 2.45) is 0 Å². The summed E-state index contributed by atoms with van der Waals surface area (Å²) in [4.78, 5) is 24.3. The van der Waals surface area contributed by atoms with Crippen molar-refractivity contribution >= 4 is 78.5 Å². The van der Waals surface area contributed by atoms with Crippen LogP contribution in [0.2, 0.25) is 0 Å². The Kier molecular flexibility index (Phi) is 25.6. The van der Waals surface area contributed by atoms with E-state index in [9.17, 15) is 50.4 Å². The zero-order valence-electron chi connectivity index (χ0n) is 36.9. The molecule has 0 fully saturated rings. The molecule has 8 atom stereocenters. The van der Waals surface area contributed by atoms with Gasteiger partial charge in [-0.2, -0.15) is 0 Å². The molecule has 0 saturated heterocycles. The summed E-state index contributed by atoms with van der Waals surface area (Å²) in [5.74, 6) is -1.79. The van der Waals surface area contributed by atoms with Crippen LogP contribution in [0.3, 0.4) is 0 Å². The van der Waals surface area contributed by atoms with Crippen molar-refractivity contribution in [3.63, 3.8) is 0 Å². The van der Waals surface area contributed by atoms with Gasteiger partial charge in [-0.3, -0.25) is 9.59 Å². The van der Waals surface area contributed by atoms with Crippen molar-refractivity contribution in [3.8, 4) is 0 Å². The standard InChI is InChI=1S/2C25H28NO6P.2ClH.Pd/c2*27-16-21(28)22(29)23(30)24(31)25(32)26-15-17-11-13-20(14-12-17)33(18-7-3-1-4-8-18)19-9-5-2-6-10-19;;;/h2*1-14,21-24,27-31H,15-16H2,(H,26,32);2*1H;/q;;;;+2/p-2/t2*21-,22-,23+,24-;;;/m11.../s1. The van der Waals surface area contributed by atoms with Gasteiger partial charge in [0.2, 0.25) is 0 Å². The van der Waals surface area contributed by atoms with Gasteiger partial charge in [0.1, 0.15) is 36.6 Å². The SMILES string of the molecule is O=C(NCc1ccc(P(c2ccccc2)c2ccccc2)cc1)[C@H](O)[C@@H](O)[C@H](O)[C@H](O)CO.O=C(NCc1ccc(P(c2ccccc2)c2ccccc2)cc1)[C@H](O)[C@@H](O)[C@H](O)[C@H](O)CO.[Cl][Pd][Cl]. The first-order valence-corrected chi connectivity index (χ1v) is 28.0. The molecule has 6 rings (SSSR count). The Morgan fingerprint density at radius 2 is 0.638 bits per heavy atom. The Balaban J connectivity index is 0.000000284. The maximum atomic E-state index is 12.1. The molecule has 0 aromatic heterocycles. The number of halogens is 2. The van der Waals surface area contributed by atoms with Crippen molar-refractivity contribution in [2.45, 2.75) is 61.9 Å². The fourth-order valence-corrected chi connectivity index (χ4v) is 11.2. The van der Waals surface area contributed by atoms with Gasteiger partial charge >= 0.3 is 35.0 Å². The van der Waals surface area contributed by atoms with Crippen LogP contribution >= 0.6 is 34.9 Å². The Bertz CT molecular complexity index is 2130.